The summed E-state index contributed by atoms with van der Waals surface area (Å²) in [6.07, 6.45) is -46.1. The Morgan fingerprint density at radius 1 is 0.357 bits per heavy atom. The van der Waals surface area contributed by atoms with Crippen molar-refractivity contribution in [3.05, 3.63) is 195 Å². The third-order valence-electron chi connectivity index (χ3n) is 13.7. The van der Waals surface area contributed by atoms with Crippen molar-refractivity contribution in [2.75, 3.05) is 0 Å². The van der Waals surface area contributed by atoms with Crippen LogP contribution in [-0.4, -0.2) is 11.9 Å². The van der Waals surface area contributed by atoms with E-state index in [9.17, 15) is 110 Å². The largest absolute Gasteiger partial charge is 0.416 e. The molecule has 0 saturated carbocycles. The standard InChI is InChI=1S/C32H12BF24.C25H30NO/c34-25(35,36)13-1-14(26(37,38)39)6-21(5-13)33(22-7-15(27(40,41)42)2-16(8-22)28(43,44)45,23-9-17(29(46,47)48)3-18(10-23)30(49,50)51)24-11-19(31(52,53)54)4-20(12-24)32(55,56)57;1-2-3-4-5-6-10-16-23-19-18-21-13-11-12-17-24(21)26(23)20-25(27)22-14-8-7-9-15-22/h1-12H;7-9,11-15,17-19H,2-6,10,16,20H2,1H3/q-1;+1. The Morgan fingerprint density at radius 3 is 0.976 bits per heavy atom. The van der Waals surface area contributed by atoms with Gasteiger partial charge in [0.1, 0.15) is 6.15 Å². The molecule has 7 rings (SSSR count). The molecule has 0 atom stereocenters. The van der Waals surface area contributed by atoms with E-state index in [0.29, 0.717) is 6.54 Å². The van der Waals surface area contributed by atoms with Crippen LogP contribution >= 0.6 is 0 Å². The molecule has 7 aromatic rings. The van der Waals surface area contributed by atoms with Gasteiger partial charge in [-0.25, -0.2) is 0 Å². The van der Waals surface area contributed by atoms with Gasteiger partial charge in [-0.2, -0.15) is 132 Å². The van der Waals surface area contributed by atoms with Crippen molar-refractivity contribution in [1.82, 2.24) is 0 Å². The molecule has 1 aromatic heterocycles. The number of unbranched alkanes of at least 4 members (excludes halogenated alkanes) is 5. The Kier molecular flexibility index (Phi) is 19.2. The van der Waals surface area contributed by atoms with Gasteiger partial charge in [-0.05, 0) is 42.8 Å². The Bertz CT molecular complexity index is 3000. The fourth-order valence-electron chi connectivity index (χ4n) is 9.73. The number of para-hydroxylation sites is 1. The van der Waals surface area contributed by atoms with E-state index in [1.54, 1.807) is 0 Å². The van der Waals surface area contributed by atoms with E-state index in [-0.39, 0.29) is 5.78 Å². The van der Waals surface area contributed by atoms with Crippen LogP contribution in [0.4, 0.5) is 105 Å². The van der Waals surface area contributed by atoms with Crippen LogP contribution in [0.3, 0.4) is 0 Å². The summed E-state index contributed by atoms with van der Waals surface area (Å²) in [5.41, 5.74) is -27.0. The van der Waals surface area contributed by atoms with E-state index in [0.717, 1.165) is 17.5 Å². The highest BCUT2D eigenvalue weighted by atomic mass is 19.4. The number of benzene rings is 6. The van der Waals surface area contributed by atoms with Gasteiger partial charge in [0.2, 0.25) is 17.8 Å². The molecule has 0 bridgehead atoms. The molecule has 0 fully saturated rings. The average molecular weight is 1220 g/mol. The second-order valence-corrected chi connectivity index (χ2v) is 19.5. The highest BCUT2D eigenvalue weighted by molar-refractivity contribution is 7.20. The van der Waals surface area contributed by atoms with Crippen LogP contribution in [0, 0.1) is 0 Å². The molecule has 1 heterocycles. The van der Waals surface area contributed by atoms with E-state index in [2.05, 4.69) is 47.9 Å². The number of nitrogens with zero attached hydrogens (tertiary/aromatic N) is 1. The molecule has 0 aliphatic rings. The fourth-order valence-corrected chi connectivity index (χ4v) is 9.73. The SMILES string of the molecule is CCCCCCCCc1ccc2ccccc2[n+]1CC(=O)c1ccccc1.FC(F)(F)c1cc([B-](c2cc(C(F)(F)F)cc(C(F)(F)F)c2)(c2cc(C(F)(F)F)cc(C(F)(F)F)c2)c2cc(C(F)(F)F)cc(C(F)(F)F)c2)cc(C(F)(F)F)c1. The highest BCUT2D eigenvalue weighted by Crippen LogP contribution is 2.41. The minimum absolute atomic E-state index is 0.168. The molecule has 452 valence electrons. The zero-order valence-electron chi connectivity index (χ0n) is 42.9. The van der Waals surface area contributed by atoms with E-state index in [1.165, 1.54) is 49.6 Å². The molecule has 0 amide bonds. The lowest BCUT2D eigenvalue weighted by atomic mass is 9.12. The third kappa shape index (κ3) is 15.7. The number of halogens is 24. The van der Waals surface area contributed by atoms with Gasteiger partial charge in [-0.15, -0.1) is 0 Å². The molecule has 84 heavy (non-hydrogen) atoms. The third-order valence-corrected chi connectivity index (χ3v) is 13.7. The number of pyridine rings is 1. The van der Waals surface area contributed by atoms with Gasteiger partial charge in [0.15, 0.2) is 5.69 Å². The molecule has 0 saturated heterocycles. The molecular formula is C57H42BF24NO. The van der Waals surface area contributed by atoms with Crippen LogP contribution in [0.2, 0.25) is 0 Å². The minimum Gasteiger partial charge on any atom is -0.287 e. The molecule has 2 nitrogen and oxygen atoms in total. The number of carbonyl (C=O) groups excluding carboxylic acids is 1. The Balaban J connectivity index is 0.000000347. The van der Waals surface area contributed by atoms with Crippen molar-refractivity contribution < 1.29 is 115 Å². The van der Waals surface area contributed by atoms with Crippen LogP contribution < -0.4 is 26.4 Å². The molecule has 0 aliphatic carbocycles. The van der Waals surface area contributed by atoms with Crippen molar-refractivity contribution in [1.29, 1.82) is 0 Å². The number of fused-ring (bicyclic) bond motifs is 1. The summed E-state index contributed by atoms with van der Waals surface area (Å²) in [4.78, 5) is 12.8. The maximum Gasteiger partial charge on any atom is 0.416 e. The van der Waals surface area contributed by atoms with Crippen molar-refractivity contribution in [2.24, 2.45) is 0 Å². The average Bonchev–Trinajstić information content (AvgIpc) is 0.743. The van der Waals surface area contributed by atoms with Crippen LogP contribution in [0.5, 0.6) is 0 Å². The number of Topliss-reactive ketones (excluding diaryl/α,β-unsaturated/α-hetero) is 1. The number of alkyl halides is 24. The molecule has 0 aliphatic heterocycles. The van der Waals surface area contributed by atoms with Gasteiger partial charge < -0.3 is 0 Å². The predicted molar refractivity (Wildman–Crippen MR) is 262 cm³/mol. The lowest BCUT2D eigenvalue weighted by Gasteiger charge is -2.46. The lowest BCUT2D eigenvalue weighted by molar-refractivity contribution is -0.664. The number of hydrogen-bond donors (Lipinski definition) is 0. The summed E-state index contributed by atoms with van der Waals surface area (Å²) in [6.45, 7) is 2.65. The fraction of sp³-hybridized carbons (Fsp3) is 0.298. The van der Waals surface area contributed by atoms with Gasteiger partial charge in [0.05, 0.1) is 44.5 Å². The molecule has 0 spiro atoms. The summed E-state index contributed by atoms with van der Waals surface area (Å²) < 4.78 is 343. The monoisotopic (exact) mass is 1220 g/mol. The Morgan fingerprint density at radius 2 is 0.655 bits per heavy atom. The van der Waals surface area contributed by atoms with Gasteiger partial charge in [-0.3, -0.25) is 4.79 Å². The summed E-state index contributed by atoms with van der Waals surface area (Å²) in [7, 11) is 0. The van der Waals surface area contributed by atoms with E-state index in [4.69, 9.17) is 0 Å². The van der Waals surface area contributed by atoms with Crippen LogP contribution in [0.25, 0.3) is 10.9 Å². The molecular weight excluding hydrogens is 1180 g/mol. The second kappa shape index (κ2) is 24.4. The zero-order chi connectivity index (χ0) is 62.8. The first-order valence-corrected chi connectivity index (χ1v) is 24.9. The molecule has 0 radical (unpaired) electrons. The summed E-state index contributed by atoms with van der Waals surface area (Å²) in [5.74, 6) is 0.168. The topological polar surface area (TPSA) is 20.9 Å². The normalized spacial score (nSPS) is 13.2. The second-order valence-electron chi connectivity index (χ2n) is 19.5. The van der Waals surface area contributed by atoms with Gasteiger partial charge in [-0.1, -0.05) is 130 Å². The van der Waals surface area contributed by atoms with Crippen LogP contribution in [0.15, 0.2) is 140 Å². The number of ketones is 1. The summed E-state index contributed by atoms with van der Waals surface area (Å²) in [6, 6.07) is 13.5. The maximum atomic E-state index is 14.2. The zero-order valence-corrected chi connectivity index (χ0v) is 42.9. The van der Waals surface area contributed by atoms with Crippen molar-refractivity contribution >= 4 is 44.7 Å². The smallest absolute Gasteiger partial charge is 0.287 e. The van der Waals surface area contributed by atoms with Crippen molar-refractivity contribution in [2.45, 2.75) is 108 Å². The quantitative estimate of drug-likeness (QED) is 0.0349. The maximum absolute atomic E-state index is 14.2. The number of carbonyl (C=O) groups is 1. The van der Waals surface area contributed by atoms with E-state index >= 15 is 0 Å². The summed E-state index contributed by atoms with van der Waals surface area (Å²) >= 11 is 0. The van der Waals surface area contributed by atoms with Crippen LogP contribution in [0.1, 0.15) is 106 Å². The van der Waals surface area contributed by atoms with Crippen LogP contribution in [-0.2, 0) is 62.4 Å². The summed E-state index contributed by atoms with van der Waals surface area (Å²) in [5, 5.41) is 1.19. The first-order valence-electron chi connectivity index (χ1n) is 24.9. The number of hydrogen-bond acceptors (Lipinski definition) is 1. The highest BCUT2D eigenvalue weighted by Gasteiger charge is 2.47. The van der Waals surface area contributed by atoms with Crippen molar-refractivity contribution in [3.8, 4) is 0 Å². The molecule has 6 aromatic carbocycles. The molecule has 0 unspecified atom stereocenters. The van der Waals surface area contributed by atoms with E-state index in [1.807, 2.05) is 30.3 Å². The first kappa shape index (κ1) is 65.9. The number of aromatic nitrogens is 1. The first-order chi connectivity index (χ1) is 38.6. The lowest BCUT2D eigenvalue weighted by Crippen LogP contribution is -2.75. The van der Waals surface area contributed by atoms with Gasteiger partial charge in [0, 0.05) is 29.5 Å². The van der Waals surface area contributed by atoms with Crippen molar-refractivity contribution in [3.63, 3.8) is 0 Å². The molecule has 27 heteroatoms. The van der Waals surface area contributed by atoms with Gasteiger partial charge >= 0.3 is 49.4 Å². The minimum atomic E-state index is -6.13. The Labute approximate surface area is 461 Å². The Hall–Kier alpha value is -7.22. The number of aryl methyl sites for hydroxylation is 1. The van der Waals surface area contributed by atoms with Gasteiger partial charge in [0.25, 0.3) is 0 Å². The molecule has 0 N–H and O–H groups in total. The van der Waals surface area contributed by atoms with E-state index < -0.39 is 195 Å². The predicted octanol–water partition coefficient (Wildman–Crippen LogP) is 17.1. The number of rotatable bonds is 14.